The van der Waals surface area contributed by atoms with Crippen LogP contribution in [-0.2, 0) is 11.3 Å². The average molecular weight is 426 g/mol. The first-order valence-corrected chi connectivity index (χ1v) is 9.84. The molecule has 26 heavy (non-hydrogen) atoms. The van der Waals surface area contributed by atoms with Gasteiger partial charge in [-0.15, -0.1) is 0 Å². The van der Waals surface area contributed by atoms with Gasteiger partial charge >= 0.3 is 6.03 Å². The average Bonchev–Trinajstić information content (AvgIpc) is 2.61. The van der Waals surface area contributed by atoms with Crippen molar-refractivity contribution in [1.82, 2.24) is 15.5 Å². The summed E-state index contributed by atoms with van der Waals surface area (Å²) >= 11 is 3.45. The Bertz CT molecular complexity index is 632. The summed E-state index contributed by atoms with van der Waals surface area (Å²) < 4.78 is 6.33. The maximum Gasteiger partial charge on any atom is 0.321 e. The molecule has 1 aliphatic rings. The van der Waals surface area contributed by atoms with Crippen molar-refractivity contribution in [3.63, 3.8) is 0 Å². The first-order chi connectivity index (χ1) is 12.4. The molecule has 0 heterocycles. The smallest absolute Gasteiger partial charge is 0.321 e. The second kappa shape index (κ2) is 9.92. The van der Waals surface area contributed by atoms with E-state index in [1.807, 2.05) is 30.1 Å². The first kappa shape index (κ1) is 20.7. The minimum atomic E-state index is -0.448. The lowest BCUT2D eigenvalue weighted by atomic mass is 9.96. The predicted molar refractivity (Wildman–Crippen MR) is 105 cm³/mol. The Morgan fingerprint density at radius 1 is 1.31 bits per heavy atom. The third kappa shape index (κ3) is 5.99. The maximum absolute atomic E-state index is 12.4. The summed E-state index contributed by atoms with van der Waals surface area (Å²) in [6.07, 6.45) is 5.46. The number of hydrogen-bond donors (Lipinski definition) is 2. The van der Waals surface area contributed by atoms with Gasteiger partial charge in [0.1, 0.15) is 5.75 Å². The van der Waals surface area contributed by atoms with E-state index in [1.54, 1.807) is 14.0 Å². The summed E-state index contributed by atoms with van der Waals surface area (Å²) in [5.41, 5.74) is 0.968. The molecule has 0 spiro atoms. The Labute approximate surface area is 163 Å². The number of ether oxygens (including phenoxy) is 1. The van der Waals surface area contributed by atoms with Gasteiger partial charge in [-0.1, -0.05) is 35.2 Å². The van der Waals surface area contributed by atoms with Crippen molar-refractivity contribution in [2.45, 2.75) is 57.7 Å². The van der Waals surface area contributed by atoms with Gasteiger partial charge in [0.15, 0.2) is 0 Å². The minimum absolute atomic E-state index is 0.176. The fraction of sp³-hybridized carbons (Fsp3) is 0.579. The number of amides is 3. The summed E-state index contributed by atoms with van der Waals surface area (Å²) in [6, 6.07) is 5.09. The standard InChI is InChI=1S/C19H28BrN3O3/c1-13(18(24)22-19(25)21-16-7-5-4-6-8-16)23(2)12-14-11-15(20)9-10-17(14)26-3/h9-11,13,16H,4-8,12H2,1-3H3,(H2,21,22,24,25)/t13-/m1/s1. The number of carbonyl (C=O) groups is 2. The molecule has 0 bridgehead atoms. The molecule has 3 amide bonds. The van der Waals surface area contributed by atoms with Crippen LogP contribution in [0.4, 0.5) is 4.79 Å². The van der Waals surface area contributed by atoms with Crippen molar-refractivity contribution < 1.29 is 14.3 Å². The maximum atomic E-state index is 12.4. The molecule has 0 unspecified atom stereocenters. The molecule has 0 aliphatic heterocycles. The minimum Gasteiger partial charge on any atom is -0.496 e. The van der Waals surface area contributed by atoms with Gasteiger partial charge in [-0.2, -0.15) is 0 Å². The number of carbonyl (C=O) groups excluding carboxylic acids is 2. The summed E-state index contributed by atoms with van der Waals surface area (Å²) in [4.78, 5) is 26.3. The Morgan fingerprint density at radius 3 is 2.65 bits per heavy atom. The van der Waals surface area contributed by atoms with Crippen LogP contribution >= 0.6 is 15.9 Å². The van der Waals surface area contributed by atoms with Crippen molar-refractivity contribution in [3.8, 4) is 5.75 Å². The monoisotopic (exact) mass is 425 g/mol. The number of nitrogens with one attached hydrogen (secondary N) is 2. The van der Waals surface area contributed by atoms with Crippen LogP contribution in [0.5, 0.6) is 5.75 Å². The summed E-state index contributed by atoms with van der Waals surface area (Å²) in [5, 5.41) is 5.37. The molecule has 1 aromatic rings. The van der Waals surface area contributed by atoms with E-state index in [9.17, 15) is 9.59 Å². The number of halogens is 1. The number of imide groups is 1. The van der Waals surface area contributed by atoms with Gasteiger partial charge in [0.25, 0.3) is 0 Å². The largest absolute Gasteiger partial charge is 0.496 e. The molecule has 6 nitrogen and oxygen atoms in total. The van der Waals surface area contributed by atoms with Gasteiger partial charge in [-0.05, 0) is 45.0 Å². The lowest BCUT2D eigenvalue weighted by Crippen LogP contribution is -2.50. The topological polar surface area (TPSA) is 70.7 Å². The van der Waals surface area contributed by atoms with Gasteiger partial charge in [-0.3, -0.25) is 15.0 Å². The molecular formula is C19H28BrN3O3. The Morgan fingerprint density at radius 2 is 2.00 bits per heavy atom. The number of urea groups is 1. The van der Waals surface area contributed by atoms with Crippen LogP contribution in [0.15, 0.2) is 22.7 Å². The van der Waals surface area contributed by atoms with Crippen molar-refractivity contribution in [2.24, 2.45) is 0 Å². The normalized spacial score (nSPS) is 16.2. The van der Waals surface area contributed by atoms with Crippen LogP contribution in [0.1, 0.15) is 44.6 Å². The van der Waals surface area contributed by atoms with Gasteiger partial charge in [-0.25, -0.2) is 4.79 Å². The van der Waals surface area contributed by atoms with Crippen LogP contribution in [-0.4, -0.2) is 43.1 Å². The predicted octanol–water partition coefficient (Wildman–Crippen LogP) is 3.44. The SMILES string of the molecule is COc1ccc(Br)cc1CN(C)[C@H](C)C(=O)NC(=O)NC1CCCCC1. The second-order valence-electron chi connectivity index (χ2n) is 6.84. The first-order valence-electron chi connectivity index (χ1n) is 9.04. The Balaban J connectivity index is 1.88. The van der Waals surface area contributed by atoms with Crippen LogP contribution in [0.25, 0.3) is 0 Å². The molecule has 1 aromatic carbocycles. The molecule has 2 N–H and O–H groups in total. The highest BCUT2D eigenvalue weighted by Crippen LogP contribution is 2.24. The molecule has 0 saturated heterocycles. The molecule has 1 fully saturated rings. The number of likely N-dealkylation sites (N-methyl/N-ethyl adjacent to an activating group) is 1. The van der Waals surface area contributed by atoms with Crippen LogP contribution < -0.4 is 15.4 Å². The molecule has 1 atom stereocenters. The number of hydrogen-bond acceptors (Lipinski definition) is 4. The summed E-state index contributed by atoms with van der Waals surface area (Å²) in [6.45, 7) is 2.31. The van der Waals surface area contributed by atoms with Gasteiger partial charge in [0, 0.05) is 22.6 Å². The molecule has 1 saturated carbocycles. The zero-order chi connectivity index (χ0) is 19.1. The van der Waals surface area contributed by atoms with Crippen molar-refractivity contribution in [2.75, 3.05) is 14.2 Å². The highest BCUT2D eigenvalue weighted by atomic mass is 79.9. The molecule has 2 rings (SSSR count). The molecule has 0 aromatic heterocycles. The fourth-order valence-corrected chi connectivity index (χ4v) is 3.57. The van der Waals surface area contributed by atoms with Crippen LogP contribution in [0.3, 0.4) is 0 Å². The molecular weight excluding hydrogens is 398 g/mol. The Hall–Kier alpha value is -1.60. The summed E-state index contributed by atoms with van der Waals surface area (Å²) in [7, 11) is 3.47. The number of rotatable bonds is 6. The lowest BCUT2D eigenvalue weighted by Gasteiger charge is -2.26. The van der Waals surface area contributed by atoms with Crippen molar-refractivity contribution >= 4 is 27.9 Å². The van der Waals surface area contributed by atoms with E-state index in [2.05, 4.69) is 26.6 Å². The van der Waals surface area contributed by atoms with Crippen molar-refractivity contribution in [1.29, 1.82) is 0 Å². The van der Waals surface area contributed by atoms with E-state index in [1.165, 1.54) is 6.42 Å². The van der Waals surface area contributed by atoms with E-state index in [0.29, 0.717) is 6.54 Å². The van der Waals surface area contributed by atoms with E-state index in [4.69, 9.17) is 4.74 Å². The second-order valence-corrected chi connectivity index (χ2v) is 7.76. The fourth-order valence-electron chi connectivity index (χ4n) is 3.16. The number of nitrogens with zero attached hydrogens (tertiary/aromatic N) is 1. The van der Waals surface area contributed by atoms with E-state index >= 15 is 0 Å². The van der Waals surface area contributed by atoms with Crippen LogP contribution in [0.2, 0.25) is 0 Å². The number of benzene rings is 1. The van der Waals surface area contributed by atoms with Gasteiger partial charge in [0.05, 0.1) is 13.2 Å². The third-order valence-corrected chi connectivity index (χ3v) is 5.37. The highest BCUT2D eigenvalue weighted by Gasteiger charge is 2.23. The molecule has 144 valence electrons. The zero-order valence-corrected chi connectivity index (χ0v) is 17.3. The molecule has 1 aliphatic carbocycles. The zero-order valence-electron chi connectivity index (χ0n) is 15.7. The molecule has 7 heteroatoms. The van der Waals surface area contributed by atoms with E-state index in [-0.39, 0.29) is 11.9 Å². The van der Waals surface area contributed by atoms with E-state index in [0.717, 1.165) is 41.5 Å². The Kier molecular flexibility index (Phi) is 7.90. The quantitative estimate of drug-likeness (QED) is 0.731. The van der Waals surface area contributed by atoms with E-state index < -0.39 is 12.1 Å². The van der Waals surface area contributed by atoms with Crippen LogP contribution in [0, 0.1) is 0 Å². The molecule has 0 radical (unpaired) electrons. The number of methoxy groups -OCH3 is 1. The summed E-state index contributed by atoms with van der Waals surface area (Å²) in [5.74, 6) is 0.456. The van der Waals surface area contributed by atoms with Gasteiger partial charge < -0.3 is 10.1 Å². The lowest BCUT2D eigenvalue weighted by molar-refractivity contribution is -0.124. The van der Waals surface area contributed by atoms with Gasteiger partial charge in [0.2, 0.25) is 5.91 Å². The highest BCUT2D eigenvalue weighted by molar-refractivity contribution is 9.10. The third-order valence-electron chi connectivity index (χ3n) is 4.88. The van der Waals surface area contributed by atoms with Crippen molar-refractivity contribution in [3.05, 3.63) is 28.2 Å².